The van der Waals surface area contributed by atoms with Gasteiger partial charge in [0.25, 0.3) is 5.91 Å². The topological polar surface area (TPSA) is 29.1 Å². The molecule has 0 unspecified atom stereocenters. The van der Waals surface area contributed by atoms with Gasteiger partial charge >= 0.3 is 0 Å². The summed E-state index contributed by atoms with van der Waals surface area (Å²) in [4.78, 5) is 12.1. The first kappa shape index (κ1) is 14.9. The Morgan fingerprint density at radius 1 is 1.05 bits per heavy atom. The van der Waals surface area contributed by atoms with E-state index in [0.717, 1.165) is 8.95 Å². The minimum Gasteiger partial charge on any atom is -0.321 e. The monoisotopic (exact) mass is 421 g/mol. The lowest BCUT2D eigenvalue weighted by Gasteiger charge is -2.09. The van der Waals surface area contributed by atoms with Gasteiger partial charge in [-0.25, -0.2) is 0 Å². The van der Waals surface area contributed by atoms with E-state index in [2.05, 4.69) is 37.2 Å². The van der Waals surface area contributed by atoms with E-state index in [0.29, 0.717) is 21.3 Å². The van der Waals surface area contributed by atoms with Crippen LogP contribution in [0, 0.1) is 0 Å². The summed E-state index contributed by atoms with van der Waals surface area (Å²) in [6.07, 6.45) is 0. The molecular formula is C13H7Br2Cl2NO. The number of amides is 1. The van der Waals surface area contributed by atoms with E-state index in [1.807, 2.05) is 12.1 Å². The van der Waals surface area contributed by atoms with Crippen LogP contribution in [0.3, 0.4) is 0 Å². The van der Waals surface area contributed by atoms with Gasteiger partial charge in [-0.15, -0.1) is 0 Å². The summed E-state index contributed by atoms with van der Waals surface area (Å²) in [5, 5.41) is 3.59. The van der Waals surface area contributed by atoms with Crippen LogP contribution in [0.25, 0.3) is 0 Å². The number of halogens is 4. The van der Waals surface area contributed by atoms with E-state index in [9.17, 15) is 4.79 Å². The fraction of sp³-hybridized carbons (Fsp3) is 0. The molecule has 2 aromatic carbocycles. The van der Waals surface area contributed by atoms with Crippen molar-refractivity contribution in [2.75, 3.05) is 5.32 Å². The molecule has 0 spiro atoms. The van der Waals surface area contributed by atoms with Crippen LogP contribution in [0.5, 0.6) is 0 Å². The molecule has 0 aliphatic rings. The minimum absolute atomic E-state index is 0.287. The summed E-state index contributed by atoms with van der Waals surface area (Å²) in [6.45, 7) is 0. The zero-order chi connectivity index (χ0) is 14.0. The lowest BCUT2D eigenvalue weighted by atomic mass is 10.2. The fourth-order valence-corrected chi connectivity index (χ4v) is 3.09. The van der Waals surface area contributed by atoms with Crippen molar-refractivity contribution in [1.82, 2.24) is 0 Å². The van der Waals surface area contributed by atoms with Gasteiger partial charge in [-0.3, -0.25) is 4.79 Å². The Balaban J connectivity index is 2.25. The maximum atomic E-state index is 12.1. The predicted octanol–water partition coefficient (Wildman–Crippen LogP) is 5.77. The number of carbonyl (C=O) groups excluding carboxylic acids is 1. The summed E-state index contributed by atoms with van der Waals surface area (Å²) in [7, 11) is 0. The maximum Gasteiger partial charge on any atom is 0.257 e. The molecule has 0 fully saturated rings. The van der Waals surface area contributed by atoms with E-state index in [1.54, 1.807) is 18.2 Å². The molecule has 0 bridgehead atoms. The van der Waals surface area contributed by atoms with Crippen LogP contribution in [0.15, 0.2) is 45.3 Å². The van der Waals surface area contributed by atoms with Gasteiger partial charge in [0, 0.05) is 14.0 Å². The molecule has 1 N–H and O–H groups in total. The molecule has 0 aromatic heterocycles. The van der Waals surface area contributed by atoms with Crippen molar-refractivity contribution in [3.63, 3.8) is 0 Å². The summed E-state index contributed by atoms with van der Waals surface area (Å²) < 4.78 is 1.70. The first-order chi connectivity index (χ1) is 8.97. The molecule has 0 aliphatic heterocycles. The second-order valence-corrected chi connectivity index (χ2v) is 6.32. The van der Waals surface area contributed by atoms with Gasteiger partial charge in [-0.2, -0.15) is 0 Å². The molecule has 19 heavy (non-hydrogen) atoms. The zero-order valence-electron chi connectivity index (χ0n) is 9.38. The van der Waals surface area contributed by atoms with Gasteiger partial charge in [0.2, 0.25) is 0 Å². The zero-order valence-corrected chi connectivity index (χ0v) is 14.1. The van der Waals surface area contributed by atoms with Crippen LogP contribution < -0.4 is 5.32 Å². The Kier molecular flexibility index (Phi) is 4.90. The Morgan fingerprint density at radius 3 is 2.42 bits per heavy atom. The van der Waals surface area contributed by atoms with Crippen molar-refractivity contribution in [2.24, 2.45) is 0 Å². The standard InChI is InChI=1S/C13H7Br2Cl2NO/c14-7-1-4-12(10(15)5-7)18-13(19)9-3-2-8(16)6-11(9)17/h1-6H,(H,18,19). The van der Waals surface area contributed by atoms with Gasteiger partial charge in [0.15, 0.2) is 0 Å². The van der Waals surface area contributed by atoms with Crippen molar-refractivity contribution in [1.29, 1.82) is 0 Å². The van der Waals surface area contributed by atoms with E-state index in [1.165, 1.54) is 6.07 Å². The second-order valence-electron chi connectivity index (χ2n) is 3.70. The van der Waals surface area contributed by atoms with E-state index >= 15 is 0 Å². The van der Waals surface area contributed by atoms with Crippen LogP contribution in [0.2, 0.25) is 10.0 Å². The van der Waals surface area contributed by atoms with Gasteiger partial charge in [-0.1, -0.05) is 39.1 Å². The van der Waals surface area contributed by atoms with Crippen LogP contribution in [0.1, 0.15) is 10.4 Å². The number of benzene rings is 2. The first-order valence-electron chi connectivity index (χ1n) is 5.19. The Morgan fingerprint density at radius 2 is 1.79 bits per heavy atom. The second kappa shape index (κ2) is 6.27. The van der Waals surface area contributed by atoms with Gasteiger partial charge < -0.3 is 5.32 Å². The number of rotatable bonds is 2. The molecule has 0 aliphatic carbocycles. The number of nitrogens with one attached hydrogen (secondary N) is 1. The van der Waals surface area contributed by atoms with Crippen molar-refractivity contribution in [3.05, 3.63) is 61.0 Å². The highest BCUT2D eigenvalue weighted by Gasteiger charge is 2.12. The minimum atomic E-state index is -0.287. The lowest BCUT2D eigenvalue weighted by molar-refractivity contribution is 0.102. The molecule has 0 saturated carbocycles. The molecule has 1 amide bonds. The molecule has 0 heterocycles. The third-order valence-corrected chi connectivity index (χ3v) is 4.05. The van der Waals surface area contributed by atoms with Gasteiger partial charge in [0.1, 0.15) is 0 Å². The van der Waals surface area contributed by atoms with Crippen molar-refractivity contribution in [3.8, 4) is 0 Å². The Hall–Kier alpha value is -0.550. The van der Waals surface area contributed by atoms with Gasteiger partial charge in [-0.05, 0) is 52.3 Å². The highest BCUT2D eigenvalue weighted by molar-refractivity contribution is 9.11. The van der Waals surface area contributed by atoms with Crippen LogP contribution in [-0.2, 0) is 0 Å². The predicted molar refractivity (Wildman–Crippen MR) is 86.3 cm³/mol. The third-order valence-electron chi connectivity index (χ3n) is 2.36. The summed E-state index contributed by atoms with van der Waals surface area (Å²) in [6, 6.07) is 10.2. The normalized spacial score (nSPS) is 10.3. The Labute approximate surface area is 137 Å². The summed E-state index contributed by atoms with van der Waals surface area (Å²) in [5.41, 5.74) is 1.04. The maximum absolute atomic E-state index is 12.1. The van der Waals surface area contributed by atoms with E-state index in [-0.39, 0.29) is 5.91 Å². The lowest BCUT2D eigenvalue weighted by Crippen LogP contribution is -2.12. The number of hydrogen-bond acceptors (Lipinski definition) is 1. The first-order valence-corrected chi connectivity index (χ1v) is 7.53. The van der Waals surface area contributed by atoms with Crippen LogP contribution in [0.4, 0.5) is 5.69 Å². The average Bonchev–Trinajstić information content (AvgIpc) is 2.32. The van der Waals surface area contributed by atoms with Crippen molar-refractivity contribution < 1.29 is 4.79 Å². The highest BCUT2D eigenvalue weighted by atomic mass is 79.9. The van der Waals surface area contributed by atoms with E-state index < -0.39 is 0 Å². The van der Waals surface area contributed by atoms with Crippen molar-refractivity contribution in [2.45, 2.75) is 0 Å². The molecule has 0 radical (unpaired) electrons. The average molecular weight is 424 g/mol. The highest BCUT2D eigenvalue weighted by Crippen LogP contribution is 2.28. The molecule has 0 saturated heterocycles. The third kappa shape index (κ3) is 3.72. The smallest absolute Gasteiger partial charge is 0.257 e. The molecular weight excluding hydrogens is 417 g/mol. The molecule has 2 aromatic rings. The van der Waals surface area contributed by atoms with Gasteiger partial charge in [0.05, 0.1) is 16.3 Å². The van der Waals surface area contributed by atoms with Crippen LogP contribution >= 0.6 is 55.1 Å². The molecule has 2 nitrogen and oxygen atoms in total. The van der Waals surface area contributed by atoms with E-state index in [4.69, 9.17) is 23.2 Å². The number of hydrogen-bond donors (Lipinski definition) is 1. The molecule has 2 rings (SSSR count). The Bertz CT molecular complexity index is 647. The van der Waals surface area contributed by atoms with Crippen molar-refractivity contribution >= 4 is 66.7 Å². The number of carbonyl (C=O) groups is 1. The fourth-order valence-electron chi connectivity index (χ4n) is 1.45. The largest absolute Gasteiger partial charge is 0.321 e. The summed E-state index contributed by atoms with van der Waals surface area (Å²) in [5.74, 6) is -0.287. The molecule has 0 atom stereocenters. The SMILES string of the molecule is O=C(Nc1ccc(Br)cc1Br)c1ccc(Cl)cc1Cl. The van der Waals surface area contributed by atoms with Crippen LogP contribution in [-0.4, -0.2) is 5.91 Å². The summed E-state index contributed by atoms with van der Waals surface area (Å²) >= 11 is 18.5. The quantitative estimate of drug-likeness (QED) is 0.652. The molecule has 6 heteroatoms. The number of anilines is 1. The molecule has 98 valence electrons.